The van der Waals surface area contributed by atoms with E-state index >= 15 is 0 Å². The molecule has 1 atom stereocenters. The molecule has 0 bridgehead atoms. The Bertz CT molecular complexity index is 529. The van der Waals surface area contributed by atoms with Gasteiger partial charge in [-0.05, 0) is 84.4 Å². The van der Waals surface area contributed by atoms with Crippen molar-refractivity contribution < 1.29 is 0 Å². The van der Waals surface area contributed by atoms with Crippen LogP contribution >= 0.6 is 11.3 Å². The van der Waals surface area contributed by atoms with Crippen LogP contribution in [0.3, 0.4) is 0 Å². The number of rotatable bonds is 4. The summed E-state index contributed by atoms with van der Waals surface area (Å²) >= 11 is 1.77. The lowest BCUT2D eigenvalue weighted by molar-refractivity contribution is 0.625. The molecular formula is C17H23NS. The van der Waals surface area contributed by atoms with Gasteiger partial charge in [0.15, 0.2) is 0 Å². The monoisotopic (exact) mass is 273 g/mol. The van der Waals surface area contributed by atoms with Crippen molar-refractivity contribution in [3.63, 3.8) is 0 Å². The molecule has 1 nitrogen and oxygen atoms in total. The first-order chi connectivity index (χ1) is 9.06. The maximum Gasteiger partial charge on any atom is 0.0590 e. The molecule has 0 radical (unpaired) electrons. The Morgan fingerprint density at radius 3 is 2.21 bits per heavy atom. The molecule has 0 saturated heterocycles. The van der Waals surface area contributed by atoms with E-state index in [9.17, 15) is 0 Å². The van der Waals surface area contributed by atoms with E-state index < -0.39 is 0 Å². The molecule has 1 aromatic heterocycles. The van der Waals surface area contributed by atoms with E-state index in [-0.39, 0.29) is 0 Å². The zero-order valence-electron chi connectivity index (χ0n) is 12.5. The largest absolute Gasteiger partial charge is 0.306 e. The van der Waals surface area contributed by atoms with Gasteiger partial charge in [0, 0.05) is 0 Å². The van der Waals surface area contributed by atoms with Gasteiger partial charge in [-0.3, -0.25) is 0 Å². The second-order valence-electron chi connectivity index (χ2n) is 5.22. The molecule has 1 heterocycles. The molecule has 0 fully saturated rings. The van der Waals surface area contributed by atoms with Crippen LogP contribution in [0.4, 0.5) is 0 Å². The summed E-state index contributed by atoms with van der Waals surface area (Å²) in [6.07, 6.45) is 0. The summed E-state index contributed by atoms with van der Waals surface area (Å²) in [6, 6.07) is 4.84. The number of benzene rings is 1. The van der Waals surface area contributed by atoms with Gasteiger partial charge in [-0.2, -0.15) is 11.3 Å². The summed E-state index contributed by atoms with van der Waals surface area (Å²) in [4.78, 5) is 0. The third kappa shape index (κ3) is 2.75. The van der Waals surface area contributed by atoms with E-state index in [1.54, 1.807) is 11.3 Å². The first-order valence-corrected chi connectivity index (χ1v) is 7.83. The standard InChI is InChI=1S/C17H23NS/c1-6-18-17(15-7-8-19-10-15)16-13(4)11(2)9-12(3)14(16)5/h7-10,17-18H,6H2,1-5H3. The molecule has 1 N–H and O–H groups in total. The highest BCUT2D eigenvalue weighted by molar-refractivity contribution is 7.08. The van der Waals surface area contributed by atoms with Crippen LogP contribution in [-0.4, -0.2) is 6.54 Å². The Kier molecular flexibility index (Phi) is 4.43. The van der Waals surface area contributed by atoms with Crippen molar-refractivity contribution >= 4 is 11.3 Å². The number of nitrogens with one attached hydrogen (secondary N) is 1. The van der Waals surface area contributed by atoms with E-state index in [0.29, 0.717) is 6.04 Å². The zero-order valence-corrected chi connectivity index (χ0v) is 13.3. The summed E-state index contributed by atoms with van der Waals surface area (Å²) in [5, 5.41) is 8.06. The fourth-order valence-electron chi connectivity index (χ4n) is 2.71. The normalized spacial score (nSPS) is 12.7. The molecule has 0 spiro atoms. The molecule has 102 valence electrons. The van der Waals surface area contributed by atoms with Crippen LogP contribution in [0.15, 0.2) is 22.9 Å². The molecule has 19 heavy (non-hydrogen) atoms. The molecule has 0 aliphatic rings. The van der Waals surface area contributed by atoms with Crippen LogP contribution < -0.4 is 5.32 Å². The van der Waals surface area contributed by atoms with Crippen molar-refractivity contribution in [2.45, 2.75) is 40.7 Å². The first-order valence-electron chi connectivity index (χ1n) is 6.89. The average molecular weight is 273 g/mol. The molecule has 0 saturated carbocycles. The Morgan fingerprint density at radius 2 is 1.74 bits per heavy atom. The predicted molar refractivity (Wildman–Crippen MR) is 85.2 cm³/mol. The Morgan fingerprint density at radius 1 is 1.11 bits per heavy atom. The van der Waals surface area contributed by atoms with Crippen LogP contribution in [-0.2, 0) is 0 Å². The second-order valence-corrected chi connectivity index (χ2v) is 6.00. The quantitative estimate of drug-likeness (QED) is 0.853. The van der Waals surface area contributed by atoms with Crippen LogP contribution in [0.25, 0.3) is 0 Å². The zero-order chi connectivity index (χ0) is 14.0. The molecule has 0 aliphatic heterocycles. The van der Waals surface area contributed by atoms with E-state index in [2.05, 4.69) is 62.8 Å². The topological polar surface area (TPSA) is 12.0 Å². The van der Waals surface area contributed by atoms with Gasteiger partial charge in [0.2, 0.25) is 0 Å². The third-order valence-corrected chi connectivity index (χ3v) is 4.70. The van der Waals surface area contributed by atoms with E-state index in [1.807, 2.05) is 0 Å². The highest BCUT2D eigenvalue weighted by atomic mass is 32.1. The molecule has 1 unspecified atom stereocenters. The van der Waals surface area contributed by atoms with Crippen LogP contribution in [0.2, 0.25) is 0 Å². The minimum absolute atomic E-state index is 0.315. The fourth-order valence-corrected chi connectivity index (χ4v) is 3.40. The number of hydrogen-bond donors (Lipinski definition) is 1. The molecule has 2 heteroatoms. The van der Waals surface area contributed by atoms with Crippen molar-refractivity contribution in [3.05, 3.63) is 56.3 Å². The molecule has 2 rings (SSSR count). The minimum atomic E-state index is 0.315. The lowest BCUT2D eigenvalue weighted by atomic mass is 9.87. The summed E-state index contributed by atoms with van der Waals surface area (Å²) in [5.41, 5.74) is 8.44. The van der Waals surface area contributed by atoms with Gasteiger partial charge in [0.1, 0.15) is 0 Å². The molecule has 0 aliphatic carbocycles. The minimum Gasteiger partial charge on any atom is -0.306 e. The van der Waals surface area contributed by atoms with Gasteiger partial charge in [0.25, 0.3) is 0 Å². The fraction of sp³-hybridized carbons (Fsp3) is 0.412. The van der Waals surface area contributed by atoms with Gasteiger partial charge < -0.3 is 5.32 Å². The lowest BCUT2D eigenvalue weighted by Gasteiger charge is -2.24. The molecule has 2 aromatic rings. The maximum atomic E-state index is 3.64. The predicted octanol–water partition coefficient (Wildman–Crippen LogP) is 4.68. The highest BCUT2D eigenvalue weighted by Gasteiger charge is 2.19. The van der Waals surface area contributed by atoms with E-state index in [4.69, 9.17) is 0 Å². The second kappa shape index (κ2) is 5.89. The molecular weight excluding hydrogens is 250 g/mol. The Balaban J connectivity index is 2.60. The van der Waals surface area contributed by atoms with Crippen LogP contribution in [0, 0.1) is 27.7 Å². The van der Waals surface area contributed by atoms with Crippen molar-refractivity contribution in [1.82, 2.24) is 5.32 Å². The SMILES string of the molecule is CCNC(c1ccsc1)c1c(C)c(C)cc(C)c1C. The van der Waals surface area contributed by atoms with Crippen molar-refractivity contribution in [2.75, 3.05) is 6.54 Å². The third-order valence-electron chi connectivity index (χ3n) is 4.00. The van der Waals surface area contributed by atoms with Gasteiger partial charge >= 0.3 is 0 Å². The number of thiophene rings is 1. The molecule has 0 amide bonds. The number of aryl methyl sites for hydroxylation is 2. The van der Waals surface area contributed by atoms with Gasteiger partial charge in [-0.25, -0.2) is 0 Å². The maximum absolute atomic E-state index is 3.64. The van der Waals surface area contributed by atoms with Crippen LogP contribution in [0.1, 0.15) is 46.3 Å². The summed E-state index contributed by atoms with van der Waals surface area (Å²) < 4.78 is 0. The average Bonchev–Trinajstić information content (AvgIpc) is 2.89. The van der Waals surface area contributed by atoms with Crippen molar-refractivity contribution in [1.29, 1.82) is 0 Å². The van der Waals surface area contributed by atoms with E-state index in [1.165, 1.54) is 33.4 Å². The highest BCUT2D eigenvalue weighted by Crippen LogP contribution is 2.32. The van der Waals surface area contributed by atoms with Crippen molar-refractivity contribution in [2.24, 2.45) is 0 Å². The molecule has 1 aromatic carbocycles. The lowest BCUT2D eigenvalue weighted by Crippen LogP contribution is -2.23. The van der Waals surface area contributed by atoms with Gasteiger partial charge in [0.05, 0.1) is 6.04 Å². The smallest absolute Gasteiger partial charge is 0.0590 e. The Labute approximate surface area is 120 Å². The van der Waals surface area contributed by atoms with E-state index in [0.717, 1.165) is 6.54 Å². The Hall–Kier alpha value is -1.12. The van der Waals surface area contributed by atoms with Crippen molar-refractivity contribution in [3.8, 4) is 0 Å². The van der Waals surface area contributed by atoms with Crippen LogP contribution in [0.5, 0.6) is 0 Å². The van der Waals surface area contributed by atoms with Gasteiger partial charge in [-0.15, -0.1) is 0 Å². The van der Waals surface area contributed by atoms with Gasteiger partial charge in [-0.1, -0.05) is 13.0 Å². The summed E-state index contributed by atoms with van der Waals surface area (Å²) in [6.45, 7) is 12.1. The number of hydrogen-bond acceptors (Lipinski definition) is 2. The summed E-state index contributed by atoms with van der Waals surface area (Å²) in [7, 11) is 0. The summed E-state index contributed by atoms with van der Waals surface area (Å²) in [5.74, 6) is 0. The first kappa shape index (κ1) is 14.3.